The summed E-state index contributed by atoms with van der Waals surface area (Å²) in [6.45, 7) is 12.9. The van der Waals surface area contributed by atoms with Gasteiger partial charge in [-0.15, -0.1) is 0 Å². The van der Waals surface area contributed by atoms with Crippen molar-refractivity contribution in [3.05, 3.63) is 306 Å². The Morgan fingerprint density at radius 1 is 0.434 bits per heavy atom. The second-order valence-corrected chi connectivity index (χ2v) is 24.0. The molecule has 406 valence electrons. The smallest absolute Gasteiger partial charge is 0.0541 e. The van der Waals surface area contributed by atoms with Crippen LogP contribution in [0.2, 0.25) is 0 Å². The molecule has 11 aromatic carbocycles. The van der Waals surface area contributed by atoms with Gasteiger partial charge in [-0.1, -0.05) is 253 Å². The summed E-state index contributed by atoms with van der Waals surface area (Å²) in [6, 6.07) is 98.0. The van der Waals surface area contributed by atoms with E-state index in [0.29, 0.717) is 0 Å². The van der Waals surface area contributed by atoms with Crippen molar-refractivity contribution in [1.82, 2.24) is 4.57 Å². The lowest BCUT2D eigenvalue weighted by molar-refractivity contribution is 0.507. The van der Waals surface area contributed by atoms with Crippen LogP contribution in [-0.2, 0) is 17.3 Å². The third-order valence-corrected chi connectivity index (χ3v) is 17.7. The first-order valence-electron chi connectivity index (χ1n) is 30.0. The highest BCUT2D eigenvalue weighted by atomic mass is 15.1. The van der Waals surface area contributed by atoms with Crippen molar-refractivity contribution < 1.29 is 0 Å². The van der Waals surface area contributed by atoms with Crippen LogP contribution in [0, 0.1) is 6.92 Å². The maximum atomic E-state index is 3.93. The molecule has 0 saturated carbocycles. The molecule has 83 heavy (non-hydrogen) atoms. The van der Waals surface area contributed by atoms with E-state index in [0.717, 1.165) is 42.0 Å². The predicted molar refractivity (Wildman–Crippen MR) is 355 cm³/mol. The maximum Gasteiger partial charge on any atom is 0.0541 e. The fourth-order valence-electron chi connectivity index (χ4n) is 13.2. The fraction of sp³-hybridized carbons (Fsp3) is 0.160. The van der Waals surface area contributed by atoms with Crippen molar-refractivity contribution in [1.29, 1.82) is 0 Å². The molecule has 0 spiro atoms. The zero-order valence-electron chi connectivity index (χ0n) is 48.5. The van der Waals surface area contributed by atoms with Crippen LogP contribution in [0.15, 0.2) is 267 Å². The number of unbranched alkanes of at least 4 members (excludes halogenated alkanes) is 4. The van der Waals surface area contributed by atoms with Gasteiger partial charge in [-0.2, -0.15) is 0 Å². The fourth-order valence-corrected chi connectivity index (χ4v) is 13.2. The molecule has 1 aliphatic carbocycles. The zero-order valence-corrected chi connectivity index (χ0v) is 48.5. The number of para-hydroxylation sites is 1. The van der Waals surface area contributed by atoms with E-state index in [9.17, 15) is 0 Å². The monoisotopic (exact) mass is 1070 g/mol. The van der Waals surface area contributed by atoms with E-state index < -0.39 is 0 Å². The molecule has 0 radical (unpaired) electrons. The number of nitrogens with zero attached hydrogens (tertiary/aromatic N) is 2. The number of hydrogen-bond donors (Lipinski definition) is 0. The van der Waals surface area contributed by atoms with Crippen LogP contribution in [0.3, 0.4) is 0 Å². The molecule has 1 aromatic heterocycles. The number of fused-ring (bicyclic) bond motifs is 6. The first-order chi connectivity index (χ1) is 40.6. The van der Waals surface area contributed by atoms with Gasteiger partial charge in [0.05, 0.1) is 11.0 Å². The lowest BCUT2D eigenvalue weighted by Gasteiger charge is -2.34. The van der Waals surface area contributed by atoms with Gasteiger partial charge in [-0.25, -0.2) is 0 Å². The molecule has 1 heterocycles. The summed E-state index contributed by atoms with van der Waals surface area (Å²) in [6.07, 6.45) is 10.1. The Morgan fingerprint density at radius 2 is 0.928 bits per heavy atom. The molecule has 13 rings (SSSR count). The van der Waals surface area contributed by atoms with Gasteiger partial charge in [-0.05, 0) is 182 Å². The van der Waals surface area contributed by atoms with Crippen molar-refractivity contribution in [3.8, 4) is 50.2 Å². The third kappa shape index (κ3) is 10.3. The number of benzene rings is 11. The topological polar surface area (TPSA) is 8.17 Å². The van der Waals surface area contributed by atoms with Gasteiger partial charge in [-0.3, -0.25) is 0 Å². The van der Waals surface area contributed by atoms with Gasteiger partial charge >= 0.3 is 0 Å². The molecule has 0 saturated heterocycles. The van der Waals surface area contributed by atoms with E-state index in [4.69, 9.17) is 0 Å². The second-order valence-electron chi connectivity index (χ2n) is 24.0. The van der Waals surface area contributed by atoms with Crippen molar-refractivity contribution in [3.63, 3.8) is 0 Å². The van der Waals surface area contributed by atoms with Gasteiger partial charge < -0.3 is 9.47 Å². The highest BCUT2D eigenvalue weighted by molar-refractivity contribution is 6.11. The molecule has 12 aromatic rings. The van der Waals surface area contributed by atoms with E-state index in [2.05, 4.69) is 305 Å². The average molecular weight is 1070 g/mol. The minimum atomic E-state index is -0.308. The SMILES string of the molecule is C=Cc1ccc(CCCCCCCC2(c3ccccc3)c3ccccc3-c3ccc(N(c4ccc(-c5ccc(C(C)(C)C)cc5)cc4)c4ccc(-c5ccc6c(c5)c5cc(-c7ccc(C)cc7)ccc5n6-c5ccccc5)cc4)cc32)cc1. The lowest BCUT2D eigenvalue weighted by Crippen LogP contribution is -2.27. The normalized spacial score (nSPS) is 13.7. The second kappa shape index (κ2) is 22.6. The minimum absolute atomic E-state index is 0.0922. The quantitative estimate of drug-likeness (QED) is 0.0825. The van der Waals surface area contributed by atoms with Crippen LogP contribution >= 0.6 is 0 Å². The number of aryl methyl sites for hydroxylation is 2. The van der Waals surface area contributed by atoms with Crippen LogP contribution in [0.25, 0.3) is 78.1 Å². The molecule has 0 fully saturated rings. The van der Waals surface area contributed by atoms with Crippen LogP contribution in [0.1, 0.15) is 98.2 Å². The Kier molecular flexibility index (Phi) is 14.5. The predicted octanol–water partition coefficient (Wildman–Crippen LogP) is 22.4. The van der Waals surface area contributed by atoms with Crippen molar-refractivity contribution >= 4 is 44.9 Å². The van der Waals surface area contributed by atoms with Gasteiger partial charge in [0.2, 0.25) is 0 Å². The Hall–Kier alpha value is -9.24. The largest absolute Gasteiger partial charge is 0.310 e. The van der Waals surface area contributed by atoms with Crippen LogP contribution in [0.4, 0.5) is 17.1 Å². The van der Waals surface area contributed by atoms with Crippen molar-refractivity contribution in [2.75, 3.05) is 4.90 Å². The summed E-state index contributed by atoms with van der Waals surface area (Å²) in [5.41, 5.74) is 26.0. The molecule has 0 N–H and O–H groups in total. The summed E-state index contributed by atoms with van der Waals surface area (Å²) < 4.78 is 2.41. The summed E-state index contributed by atoms with van der Waals surface area (Å²) in [5, 5.41) is 2.48. The average Bonchev–Trinajstić information content (AvgIpc) is 1.92. The molecule has 1 unspecified atom stereocenters. The first kappa shape index (κ1) is 53.1. The molecular formula is C81H72N2. The molecule has 0 aliphatic heterocycles. The van der Waals surface area contributed by atoms with E-state index in [1.807, 2.05) is 6.08 Å². The highest BCUT2D eigenvalue weighted by Crippen LogP contribution is 2.56. The van der Waals surface area contributed by atoms with Crippen LogP contribution in [-0.4, -0.2) is 4.57 Å². The van der Waals surface area contributed by atoms with Crippen molar-refractivity contribution in [2.24, 2.45) is 0 Å². The van der Waals surface area contributed by atoms with E-state index in [1.54, 1.807) is 0 Å². The van der Waals surface area contributed by atoms with E-state index >= 15 is 0 Å². The van der Waals surface area contributed by atoms with Crippen LogP contribution < -0.4 is 4.90 Å². The molecule has 1 aliphatic rings. The molecule has 0 bridgehead atoms. The molecule has 2 nitrogen and oxygen atoms in total. The van der Waals surface area contributed by atoms with Crippen LogP contribution in [0.5, 0.6) is 0 Å². The summed E-state index contributed by atoms with van der Waals surface area (Å²) in [4.78, 5) is 2.48. The minimum Gasteiger partial charge on any atom is -0.310 e. The first-order valence-corrected chi connectivity index (χ1v) is 30.0. The Bertz CT molecular complexity index is 4240. The zero-order chi connectivity index (χ0) is 56.5. The van der Waals surface area contributed by atoms with Gasteiger partial charge in [0.25, 0.3) is 0 Å². The van der Waals surface area contributed by atoms with Gasteiger partial charge in [0, 0.05) is 38.9 Å². The van der Waals surface area contributed by atoms with E-state index in [-0.39, 0.29) is 10.8 Å². The maximum absolute atomic E-state index is 3.93. The Balaban J connectivity index is 0.880. The molecule has 0 amide bonds. The molecule has 2 heteroatoms. The number of hydrogen-bond acceptors (Lipinski definition) is 1. The number of anilines is 3. The molecule has 1 atom stereocenters. The van der Waals surface area contributed by atoms with Gasteiger partial charge in [0.15, 0.2) is 0 Å². The number of rotatable bonds is 17. The Labute approximate surface area is 491 Å². The highest BCUT2D eigenvalue weighted by Gasteiger charge is 2.44. The summed E-state index contributed by atoms with van der Waals surface area (Å²) in [7, 11) is 0. The van der Waals surface area contributed by atoms with Gasteiger partial charge in [0.1, 0.15) is 0 Å². The van der Waals surface area contributed by atoms with Crippen molar-refractivity contribution in [2.45, 2.75) is 83.5 Å². The third-order valence-electron chi connectivity index (χ3n) is 17.7. The summed E-state index contributed by atoms with van der Waals surface area (Å²) >= 11 is 0. The Morgan fingerprint density at radius 3 is 1.53 bits per heavy atom. The number of aromatic nitrogens is 1. The lowest BCUT2D eigenvalue weighted by atomic mass is 9.69. The molecular weight excluding hydrogens is 1000 g/mol. The summed E-state index contributed by atoms with van der Waals surface area (Å²) in [5.74, 6) is 0. The standard InChI is InChI=1S/C81H72N2/c1-6-58-29-31-59(32-30-58)20-12-8-7-9-19-53-81(67-21-13-10-14-22-67)76-26-18-17-25-72(76)73-50-49-71(56-77(73)81)82(69-45-37-61(38-46-69)60-35-43-66(44-36-60)80(3,4)5)70-47-39-63(40-48-70)65-42-52-79-75(55-65)74-54-64(62-33-27-57(2)28-34-62)41-51-78(74)83(79)68-23-15-11-16-24-68/h6,10-11,13-18,21-52,54-56H,1,7-9,12,19-20,53H2,2-5H3. The van der Waals surface area contributed by atoms with E-state index in [1.165, 1.54) is 131 Å².